The van der Waals surface area contributed by atoms with Gasteiger partial charge in [0, 0.05) is 0 Å². The summed E-state index contributed by atoms with van der Waals surface area (Å²) in [4.78, 5) is 4.11. The molecule has 3 heteroatoms. The first kappa shape index (κ1) is 10.3. The molecular formula is C10H18N2O. The summed E-state index contributed by atoms with van der Waals surface area (Å²) >= 11 is 0. The summed E-state index contributed by atoms with van der Waals surface area (Å²) in [6.45, 7) is 8.09. The fraction of sp³-hybridized carbons (Fsp3) is 0.700. The van der Waals surface area contributed by atoms with E-state index >= 15 is 0 Å². The van der Waals surface area contributed by atoms with Crippen LogP contribution < -0.4 is 5.32 Å². The highest BCUT2D eigenvalue weighted by Crippen LogP contribution is 2.02. The summed E-state index contributed by atoms with van der Waals surface area (Å²) < 4.78 is 5.33. The number of aryl methyl sites for hydroxylation is 1. The van der Waals surface area contributed by atoms with E-state index in [9.17, 15) is 0 Å². The Balaban J connectivity index is 2.20. The molecule has 0 saturated heterocycles. The van der Waals surface area contributed by atoms with Crippen LogP contribution in [0, 0.1) is 12.8 Å². The predicted octanol–water partition coefficient (Wildman–Crippen LogP) is 2.12. The molecule has 0 aliphatic carbocycles. The molecule has 1 atom stereocenters. The average molecular weight is 182 g/mol. The second-order valence-electron chi connectivity index (χ2n) is 3.51. The van der Waals surface area contributed by atoms with Crippen LogP contribution >= 0.6 is 0 Å². The Hall–Kier alpha value is -0.830. The van der Waals surface area contributed by atoms with Crippen LogP contribution in [0.25, 0.3) is 0 Å². The third kappa shape index (κ3) is 3.59. The number of oxazole rings is 1. The Morgan fingerprint density at radius 1 is 1.62 bits per heavy atom. The van der Waals surface area contributed by atoms with Gasteiger partial charge < -0.3 is 9.73 Å². The zero-order chi connectivity index (χ0) is 9.68. The van der Waals surface area contributed by atoms with Crippen LogP contribution in [0.3, 0.4) is 0 Å². The summed E-state index contributed by atoms with van der Waals surface area (Å²) in [6, 6.07) is 0. The standard InChI is InChI=1S/C10H18N2O/c1-4-8(2)5-11-7-10-12-6-9(3)13-10/h6,8,11H,4-5,7H2,1-3H3. The first-order valence-corrected chi connectivity index (χ1v) is 4.84. The summed E-state index contributed by atoms with van der Waals surface area (Å²) in [5, 5.41) is 3.31. The van der Waals surface area contributed by atoms with Crippen molar-refractivity contribution in [2.24, 2.45) is 5.92 Å². The first-order chi connectivity index (χ1) is 6.22. The fourth-order valence-electron chi connectivity index (χ4n) is 1.05. The van der Waals surface area contributed by atoms with Crippen LogP contribution in [0.1, 0.15) is 31.9 Å². The summed E-state index contributed by atoms with van der Waals surface area (Å²) in [5.41, 5.74) is 0. The van der Waals surface area contributed by atoms with Crippen molar-refractivity contribution in [2.75, 3.05) is 6.54 Å². The second kappa shape index (κ2) is 5.02. The quantitative estimate of drug-likeness (QED) is 0.758. The van der Waals surface area contributed by atoms with Crippen molar-refractivity contribution in [1.29, 1.82) is 0 Å². The molecule has 3 nitrogen and oxygen atoms in total. The van der Waals surface area contributed by atoms with Crippen molar-refractivity contribution < 1.29 is 4.42 Å². The van der Waals surface area contributed by atoms with Crippen molar-refractivity contribution in [3.8, 4) is 0 Å². The number of aromatic nitrogens is 1. The van der Waals surface area contributed by atoms with E-state index in [1.807, 2.05) is 6.92 Å². The van der Waals surface area contributed by atoms with Gasteiger partial charge >= 0.3 is 0 Å². The number of hydrogen-bond donors (Lipinski definition) is 1. The lowest BCUT2D eigenvalue weighted by Gasteiger charge is -2.07. The zero-order valence-corrected chi connectivity index (χ0v) is 8.63. The zero-order valence-electron chi connectivity index (χ0n) is 8.63. The first-order valence-electron chi connectivity index (χ1n) is 4.84. The number of rotatable bonds is 5. The molecule has 1 N–H and O–H groups in total. The molecule has 1 aromatic rings. The van der Waals surface area contributed by atoms with E-state index in [4.69, 9.17) is 4.42 Å². The SMILES string of the molecule is CCC(C)CNCc1ncc(C)o1. The number of nitrogens with zero attached hydrogens (tertiary/aromatic N) is 1. The van der Waals surface area contributed by atoms with Gasteiger partial charge in [-0.1, -0.05) is 20.3 Å². The number of hydrogen-bond acceptors (Lipinski definition) is 3. The van der Waals surface area contributed by atoms with Crippen LogP contribution in [0.2, 0.25) is 0 Å². The van der Waals surface area contributed by atoms with Crippen LogP contribution in [0.5, 0.6) is 0 Å². The van der Waals surface area contributed by atoms with E-state index in [2.05, 4.69) is 24.1 Å². The van der Waals surface area contributed by atoms with Gasteiger partial charge in [-0.25, -0.2) is 4.98 Å². The van der Waals surface area contributed by atoms with Gasteiger partial charge in [-0.15, -0.1) is 0 Å². The van der Waals surface area contributed by atoms with Gasteiger partial charge in [0.25, 0.3) is 0 Å². The van der Waals surface area contributed by atoms with Crippen LogP contribution in [-0.4, -0.2) is 11.5 Å². The molecule has 1 heterocycles. The molecule has 0 aliphatic rings. The smallest absolute Gasteiger partial charge is 0.208 e. The minimum atomic E-state index is 0.719. The Labute approximate surface area is 79.5 Å². The Kier molecular flexibility index (Phi) is 3.96. The summed E-state index contributed by atoms with van der Waals surface area (Å²) in [5.74, 6) is 2.37. The van der Waals surface area contributed by atoms with Crippen LogP contribution in [0.15, 0.2) is 10.6 Å². The lowest BCUT2D eigenvalue weighted by molar-refractivity contribution is 0.427. The lowest BCUT2D eigenvalue weighted by Crippen LogP contribution is -2.20. The topological polar surface area (TPSA) is 38.1 Å². The van der Waals surface area contributed by atoms with Crippen molar-refractivity contribution in [3.05, 3.63) is 17.8 Å². The van der Waals surface area contributed by atoms with Gasteiger partial charge in [0.2, 0.25) is 5.89 Å². The van der Waals surface area contributed by atoms with Crippen LogP contribution in [-0.2, 0) is 6.54 Å². The molecular weight excluding hydrogens is 164 g/mol. The predicted molar refractivity (Wildman–Crippen MR) is 52.4 cm³/mol. The van der Waals surface area contributed by atoms with Gasteiger partial charge in [0.1, 0.15) is 5.76 Å². The molecule has 1 aromatic heterocycles. The van der Waals surface area contributed by atoms with E-state index in [0.29, 0.717) is 0 Å². The fourth-order valence-corrected chi connectivity index (χ4v) is 1.05. The third-order valence-electron chi connectivity index (χ3n) is 2.14. The molecule has 1 unspecified atom stereocenters. The minimum Gasteiger partial charge on any atom is -0.445 e. The molecule has 0 aromatic carbocycles. The van der Waals surface area contributed by atoms with E-state index < -0.39 is 0 Å². The Morgan fingerprint density at radius 3 is 2.92 bits per heavy atom. The maximum Gasteiger partial charge on any atom is 0.208 e. The highest BCUT2D eigenvalue weighted by Gasteiger charge is 2.01. The molecule has 0 fully saturated rings. The van der Waals surface area contributed by atoms with Crippen molar-refractivity contribution in [1.82, 2.24) is 10.3 Å². The van der Waals surface area contributed by atoms with Gasteiger partial charge in [-0.3, -0.25) is 0 Å². The van der Waals surface area contributed by atoms with Crippen molar-refractivity contribution in [2.45, 2.75) is 33.7 Å². The summed E-state index contributed by atoms with van der Waals surface area (Å²) in [6.07, 6.45) is 2.96. The molecule has 13 heavy (non-hydrogen) atoms. The van der Waals surface area contributed by atoms with E-state index in [0.717, 1.165) is 30.7 Å². The van der Waals surface area contributed by atoms with Gasteiger partial charge in [0.15, 0.2) is 0 Å². The summed E-state index contributed by atoms with van der Waals surface area (Å²) in [7, 11) is 0. The normalized spacial score (nSPS) is 13.2. The van der Waals surface area contributed by atoms with E-state index in [1.165, 1.54) is 6.42 Å². The van der Waals surface area contributed by atoms with Crippen molar-refractivity contribution in [3.63, 3.8) is 0 Å². The lowest BCUT2D eigenvalue weighted by atomic mass is 10.1. The maximum absolute atomic E-state index is 5.33. The molecule has 0 aliphatic heterocycles. The largest absolute Gasteiger partial charge is 0.445 e. The van der Waals surface area contributed by atoms with E-state index in [-0.39, 0.29) is 0 Å². The highest BCUT2D eigenvalue weighted by atomic mass is 16.4. The third-order valence-corrected chi connectivity index (χ3v) is 2.14. The molecule has 74 valence electrons. The van der Waals surface area contributed by atoms with Gasteiger partial charge in [-0.2, -0.15) is 0 Å². The highest BCUT2D eigenvalue weighted by molar-refractivity contribution is 4.90. The minimum absolute atomic E-state index is 0.719. The molecule has 0 radical (unpaired) electrons. The van der Waals surface area contributed by atoms with E-state index in [1.54, 1.807) is 6.20 Å². The van der Waals surface area contributed by atoms with Gasteiger partial charge in [-0.05, 0) is 19.4 Å². The molecule has 0 spiro atoms. The molecule has 0 saturated carbocycles. The maximum atomic E-state index is 5.33. The average Bonchev–Trinajstić information content (AvgIpc) is 2.51. The monoisotopic (exact) mass is 182 g/mol. The number of nitrogens with one attached hydrogen (secondary N) is 1. The second-order valence-corrected chi connectivity index (χ2v) is 3.51. The molecule has 1 rings (SSSR count). The Bertz CT molecular complexity index is 245. The van der Waals surface area contributed by atoms with Crippen LogP contribution in [0.4, 0.5) is 0 Å². The van der Waals surface area contributed by atoms with Gasteiger partial charge in [0.05, 0.1) is 12.7 Å². The molecule has 0 bridgehead atoms. The molecule has 0 amide bonds. The Morgan fingerprint density at radius 2 is 2.38 bits per heavy atom. The van der Waals surface area contributed by atoms with Crippen molar-refractivity contribution >= 4 is 0 Å².